The lowest BCUT2D eigenvalue weighted by molar-refractivity contribution is -0.384. The van der Waals surface area contributed by atoms with Gasteiger partial charge in [0.05, 0.1) is 27.8 Å². The fourth-order valence-corrected chi connectivity index (χ4v) is 2.77. The zero-order chi connectivity index (χ0) is 18.6. The number of hydrogen-bond donors (Lipinski definition) is 0. The predicted octanol–water partition coefficient (Wildman–Crippen LogP) is 4.78. The van der Waals surface area contributed by atoms with Crippen LogP contribution in [-0.4, -0.2) is 14.9 Å². The van der Waals surface area contributed by atoms with Crippen LogP contribution in [0.3, 0.4) is 0 Å². The summed E-state index contributed by atoms with van der Waals surface area (Å²) in [5, 5.41) is 10.9. The first-order valence-corrected chi connectivity index (χ1v) is 8.37. The smallest absolute Gasteiger partial charge is 0.269 e. The molecule has 6 heteroatoms. The van der Waals surface area contributed by atoms with Crippen molar-refractivity contribution in [3.8, 4) is 17.0 Å². The molecule has 0 saturated carbocycles. The third kappa shape index (κ3) is 3.74. The Kier molecular flexibility index (Phi) is 4.45. The molecule has 27 heavy (non-hydrogen) atoms. The van der Waals surface area contributed by atoms with E-state index >= 15 is 0 Å². The van der Waals surface area contributed by atoms with Gasteiger partial charge in [-0.2, -0.15) is 0 Å². The van der Waals surface area contributed by atoms with E-state index < -0.39 is 4.92 Å². The summed E-state index contributed by atoms with van der Waals surface area (Å²) >= 11 is 0. The molecular weight excluding hydrogens is 342 g/mol. The van der Waals surface area contributed by atoms with Gasteiger partial charge in [0.25, 0.3) is 5.69 Å². The zero-order valence-electron chi connectivity index (χ0n) is 14.3. The highest BCUT2D eigenvalue weighted by Crippen LogP contribution is 2.24. The number of nitrogens with zero attached hydrogens (tertiary/aromatic N) is 3. The van der Waals surface area contributed by atoms with Gasteiger partial charge in [-0.15, -0.1) is 0 Å². The highest BCUT2D eigenvalue weighted by Gasteiger charge is 2.07. The summed E-state index contributed by atoms with van der Waals surface area (Å²) < 4.78 is 5.81. The molecular formula is C21H15N3O3. The van der Waals surface area contributed by atoms with Crippen LogP contribution in [0, 0.1) is 10.1 Å². The van der Waals surface area contributed by atoms with E-state index in [1.165, 1.54) is 12.1 Å². The third-order valence-electron chi connectivity index (χ3n) is 4.11. The number of hydrogen-bond acceptors (Lipinski definition) is 5. The molecule has 3 aromatic carbocycles. The molecule has 132 valence electrons. The van der Waals surface area contributed by atoms with Gasteiger partial charge in [0.1, 0.15) is 12.4 Å². The quantitative estimate of drug-likeness (QED) is 0.379. The van der Waals surface area contributed by atoms with Gasteiger partial charge >= 0.3 is 0 Å². The second-order valence-electron chi connectivity index (χ2n) is 5.99. The summed E-state index contributed by atoms with van der Waals surface area (Å²) in [7, 11) is 0. The van der Waals surface area contributed by atoms with Gasteiger partial charge in [0, 0.05) is 17.7 Å². The second-order valence-corrected chi connectivity index (χ2v) is 5.99. The Morgan fingerprint density at radius 2 is 1.74 bits per heavy atom. The summed E-state index contributed by atoms with van der Waals surface area (Å²) in [6, 6.07) is 21.7. The molecule has 0 aliphatic rings. The molecule has 0 amide bonds. The summed E-state index contributed by atoms with van der Waals surface area (Å²) in [4.78, 5) is 19.5. The van der Waals surface area contributed by atoms with Crippen molar-refractivity contribution in [2.75, 3.05) is 0 Å². The molecule has 0 radical (unpaired) electrons. The van der Waals surface area contributed by atoms with Crippen LogP contribution in [0.25, 0.3) is 22.3 Å². The van der Waals surface area contributed by atoms with Crippen molar-refractivity contribution in [2.24, 2.45) is 0 Å². The van der Waals surface area contributed by atoms with Crippen molar-refractivity contribution >= 4 is 16.7 Å². The third-order valence-corrected chi connectivity index (χ3v) is 4.11. The van der Waals surface area contributed by atoms with Gasteiger partial charge in [0.15, 0.2) is 0 Å². The monoisotopic (exact) mass is 357 g/mol. The summed E-state index contributed by atoms with van der Waals surface area (Å²) in [6.07, 6.45) is 1.74. The van der Waals surface area contributed by atoms with Gasteiger partial charge in [-0.1, -0.05) is 36.4 Å². The molecule has 0 bridgehead atoms. The number of non-ortho nitro benzene ring substituents is 1. The van der Waals surface area contributed by atoms with Gasteiger partial charge in [-0.3, -0.25) is 15.1 Å². The maximum atomic E-state index is 10.9. The fourth-order valence-electron chi connectivity index (χ4n) is 2.77. The maximum absolute atomic E-state index is 10.9. The number of nitro benzene ring substituents is 1. The number of benzene rings is 3. The van der Waals surface area contributed by atoms with E-state index in [0.717, 1.165) is 27.9 Å². The Bertz CT molecular complexity index is 1130. The number of ether oxygens (including phenoxy) is 1. The Morgan fingerprint density at radius 1 is 0.926 bits per heavy atom. The lowest BCUT2D eigenvalue weighted by Crippen LogP contribution is -1.97. The first-order chi connectivity index (χ1) is 13.2. The molecule has 0 atom stereocenters. The van der Waals surface area contributed by atoms with Gasteiger partial charge < -0.3 is 4.74 Å². The fraction of sp³-hybridized carbons (Fsp3) is 0.0476. The van der Waals surface area contributed by atoms with E-state index in [4.69, 9.17) is 4.74 Å². The Hall–Kier alpha value is -3.80. The number of rotatable bonds is 5. The number of para-hydroxylation sites is 2. The van der Waals surface area contributed by atoms with Crippen molar-refractivity contribution < 1.29 is 9.66 Å². The van der Waals surface area contributed by atoms with Crippen LogP contribution in [0.15, 0.2) is 79.0 Å². The average molecular weight is 357 g/mol. The van der Waals surface area contributed by atoms with E-state index in [0.29, 0.717) is 5.75 Å². The minimum Gasteiger partial charge on any atom is -0.489 e. The van der Waals surface area contributed by atoms with Crippen LogP contribution in [0.1, 0.15) is 5.56 Å². The molecule has 0 N–H and O–H groups in total. The van der Waals surface area contributed by atoms with Gasteiger partial charge in [-0.05, 0) is 29.8 Å². The molecule has 1 heterocycles. The van der Waals surface area contributed by atoms with Crippen molar-refractivity contribution in [3.63, 3.8) is 0 Å². The van der Waals surface area contributed by atoms with E-state index in [1.807, 2.05) is 48.5 Å². The zero-order valence-corrected chi connectivity index (χ0v) is 14.3. The molecule has 6 nitrogen and oxygen atoms in total. The van der Waals surface area contributed by atoms with Gasteiger partial charge in [-0.25, -0.2) is 4.98 Å². The van der Waals surface area contributed by atoms with Crippen molar-refractivity contribution in [3.05, 3.63) is 94.7 Å². The van der Waals surface area contributed by atoms with E-state index in [2.05, 4.69) is 9.97 Å². The normalized spacial score (nSPS) is 10.7. The predicted molar refractivity (Wildman–Crippen MR) is 102 cm³/mol. The minimum absolute atomic E-state index is 0.0521. The molecule has 0 spiro atoms. The molecule has 1 aromatic heterocycles. The molecule has 4 aromatic rings. The molecule has 4 rings (SSSR count). The Morgan fingerprint density at radius 3 is 2.59 bits per heavy atom. The summed E-state index contributed by atoms with van der Waals surface area (Å²) in [5.41, 5.74) is 4.12. The summed E-state index contributed by atoms with van der Waals surface area (Å²) in [6.45, 7) is 0.245. The van der Waals surface area contributed by atoms with Crippen LogP contribution in [0.2, 0.25) is 0 Å². The highest BCUT2D eigenvalue weighted by molar-refractivity contribution is 5.77. The molecule has 0 fully saturated rings. The largest absolute Gasteiger partial charge is 0.489 e. The molecule has 0 aliphatic carbocycles. The van der Waals surface area contributed by atoms with Crippen LogP contribution in [0.4, 0.5) is 5.69 Å². The Balaban J connectivity index is 1.55. The number of aromatic nitrogens is 2. The second kappa shape index (κ2) is 7.21. The number of fused-ring (bicyclic) bond motifs is 1. The van der Waals surface area contributed by atoms with Crippen LogP contribution in [0.5, 0.6) is 5.75 Å². The summed E-state index contributed by atoms with van der Waals surface area (Å²) in [5.74, 6) is 0.661. The maximum Gasteiger partial charge on any atom is 0.269 e. The first-order valence-electron chi connectivity index (χ1n) is 8.37. The van der Waals surface area contributed by atoms with Crippen molar-refractivity contribution in [1.82, 2.24) is 9.97 Å². The lowest BCUT2D eigenvalue weighted by atomic mass is 10.1. The molecule has 0 aliphatic heterocycles. The Labute approximate surface area is 155 Å². The van der Waals surface area contributed by atoms with Crippen LogP contribution >= 0.6 is 0 Å². The lowest BCUT2D eigenvalue weighted by Gasteiger charge is -2.08. The average Bonchev–Trinajstić information content (AvgIpc) is 2.72. The van der Waals surface area contributed by atoms with Crippen LogP contribution in [-0.2, 0) is 6.61 Å². The number of nitro groups is 1. The molecule has 0 saturated heterocycles. The standard InChI is InChI=1S/C21H15N3O3/c25-24(26)17-7-3-5-15(11-17)14-27-18-8-4-6-16(12-18)21-13-22-19-9-1-2-10-20(19)23-21/h1-13H,14H2. The molecule has 0 unspecified atom stereocenters. The van der Waals surface area contributed by atoms with Crippen molar-refractivity contribution in [2.45, 2.75) is 6.61 Å². The topological polar surface area (TPSA) is 78.2 Å². The van der Waals surface area contributed by atoms with E-state index in [1.54, 1.807) is 18.3 Å². The van der Waals surface area contributed by atoms with Crippen molar-refractivity contribution in [1.29, 1.82) is 0 Å². The first kappa shape index (κ1) is 16.7. The van der Waals surface area contributed by atoms with E-state index in [-0.39, 0.29) is 12.3 Å². The van der Waals surface area contributed by atoms with E-state index in [9.17, 15) is 10.1 Å². The highest BCUT2D eigenvalue weighted by atomic mass is 16.6. The van der Waals surface area contributed by atoms with Gasteiger partial charge in [0.2, 0.25) is 0 Å². The van der Waals surface area contributed by atoms with Crippen LogP contribution < -0.4 is 4.74 Å². The minimum atomic E-state index is -0.414. The SMILES string of the molecule is O=[N+]([O-])c1cccc(COc2cccc(-c3cnc4ccccc4n3)c2)c1.